The van der Waals surface area contributed by atoms with Crippen molar-refractivity contribution in [1.29, 1.82) is 0 Å². The van der Waals surface area contributed by atoms with E-state index in [1.165, 1.54) is 12.8 Å². The summed E-state index contributed by atoms with van der Waals surface area (Å²) in [5.74, 6) is -0.951. The fourth-order valence-corrected chi connectivity index (χ4v) is 3.36. The number of likely N-dealkylation sites (tertiary alicyclic amines) is 1. The summed E-state index contributed by atoms with van der Waals surface area (Å²) in [6, 6.07) is 9.62. The normalized spacial score (nSPS) is 15.1. The van der Waals surface area contributed by atoms with Gasteiger partial charge in [-0.2, -0.15) is 0 Å². The lowest BCUT2D eigenvalue weighted by Crippen LogP contribution is -2.46. The van der Waals surface area contributed by atoms with Crippen molar-refractivity contribution in [2.75, 3.05) is 32.8 Å². The minimum absolute atomic E-state index is 0.249. The number of rotatable bonds is 9. The summed E-state index contributed by atoms with van der Waals surface area (Å²) in [5, 5.41) is 0. The number of ether oxygens (including phenoxy) is 2. The second kappa shape index (κ2) is 9.56. The third kappa shape index (κ3) is 5.05. The van der Waals surface area contributed by atoms with Gasteiger partial charge in [0.2, 0.25) is 0 Å². The molecule has 1 aliphatic heterocycles. The summed E-state index contributed by atoms with van der Waals surface area (Å²) in [6.45, 7) is 6.76. The summed E-state index contributed by atoms with van der Waals surface area (Å²) < 4.78 is 10.6. The van der Waals surface area contributed by atoms with Gasteiger partial charge in [-0.15, -0.1) is 0 Å². The first-order chi connectivity index (χ1) is 12.1. The summed E-state index contributed by atoms with van der Waals surface area (Å²) in [7, 11) is 0. The molecule has 0 N–H and O–H groups in total. The average Bonchev–Trinajstić information content (AvgIpc) is 3.13. The van der Waals surface area contributed by atoms with Crippen LogP contribution in [0.5, 0.6) is 0 Å². The van der Waals surface area contributed by atoms with Crippen molar-refractivity contribution in [1.82, 2.24) is 4.90 Å². The summed E-state index contributed by atoms with van der Waals surface area (Å²) >= 11 is 0. The minimum atomic E-state index is -1.28. The smallest absolute Gasteiger partial charge is 0.323 e. The SMILES string of the molecule is CCOC(=O)C(CCN1CCCC1)(Cc1ccccc1)C(=O)OCC. The molecule has 0 aromatic heterocycles. The van der Waals surface area contributed by atoms with Gasteiger partial charge in [0.15, 0.2) is 5.41 Å². The average molecular weight is 347 g/mol. The largest absolute Gasteiger partial charge is 0.465 e. The van der Waals surface area contributed by atoms with Crippen LogP contribution in [-0.2, 0) is 25.5 Å². The fourth-order valence-electron chi connectivity index (χ4n) is 3.36. The third-order valence-electron chi connectivity index (χ3n) is 4.73. The molecule has 1 saturated heterocycles. The van der Waals surface area contributed by atoms with Crippen LogP contribution in [0.1, 0.15) is 38.7 Å². The Labute approximate surface area is 150 Å². The predicted molar refractivity (Wildman–Crippen MR) is 96.1 cm³/mol. The molecule has 138 valence electrons. The molecule has 1 aromatic carbocycles. The number of hydrogen-bond acceptors (Lipinski definition) is 5. The Morgan fingerprint density at radius 1 is 1.00 bits per heavy atom. The molecule has 25 heavy (non-hydrogen) atoms. The predicted octanol–water partition coefficient (Wildman–Crippen LogP) is 2.83. The van der Waals surface area contributed by atoms with Crippen LogP contribution in [0.15, 0.2) is 30.3 Å². The molecule has 0 unspecified atom stereocenters. The van der Waals surface area contributed by atoms with Crippen LogP contribution >= 0.6 is 0 Å². The highest BCUT2D eigenvalue weighted by molar-refractivity contribution is 6.00. The van der Waals surface area contributed by atoms with Crippen molar-refractivity contribution in [2.45, 2.75) is 39.5 Å². The Hall–Kier alpha value is -1.88. The number of hydrogen-bond donors (Lipinski definition) is 0. The van der Waals surface area contributed by atoms with Gasteiger partial charge in [0.25, 0.3) is 0 Å². The molecule has 0 bridgehead atoms. The number of benzene rings is 1. The van der Waals surface area contributed by atoms with Crippen molar-refractivity contribution in [3.63, 3.8) is 0 Å². The van der Waals surface area contributed by atoms with Crippen molar-refractivity contribution >= 4 is 11.9 Å². The van der Waals surface area contributed by atoms with E-state index in [0.29, 0.717) is 19.4 Å². The number of nitrogens with zero attached hydrogens (tertiary/aromatic N) is 1. The highest BCUT2D eigenvalue weighted by Crippen LogP contribution is 2.32. The monoisotopic (exact) mass is 347 g/mol. The molecule has 1 aliphatic rings. The van der Waals surface area contributed by atoms with Crippen LogP contribution < -0.4 is 0 Å². The van der Waals surface area contributed by atoms with Crippen molar-refractivity contribution < 1.29 is 19.1 Å². The highest BCUT2D eigenvalue weighted by Gasteiger charge is 2.48. The number of carbonyl (C=O) groups excluding carboxylic acids is 2. The third-order valence-corrected chi connectivity index (χ3v) is 4.73. The lowest BCUT2D eigenvalue weighted by molar-refractivity contribution is -0.173. The van der Waals surface area contributed by atoms with Crippen LogP contribution in [0.3, 0.4) is 0 Å². The van der Waals surface area contributed by atoms with E-state index >= 15 is 0 Å². The molecule has 0 saturated carbocycles. The van der Waals surface area contributed by atoms with Crippen molar-refractivity contribution in [2.24, 2.45) is 5.41 Å². The molecular formula is C20H29NO4. The van der Waals surface area contributed by atoms with E-state index in [-0.39, 0.29) is 13.2 Å². The van der Waals surface area contributed by atoms with Gasteiger partial charge in [-0.1, -0.05) is 30.3 Å². The van der Waals surface area contributed by atoms with Gasteiger partial charge in [-0.3, -0.25) is 9.59 Å². The van der Waals surface area contributed by atoms with E-state index in [4.69, 9.17) is 9.47 Å². The van der Waals surface area contributed by atoms with E-state index in [1.807, 2.05) is 30.3 Å². The fraction of sp³-hybridized carbons (Fsp3) is 0.600. The first kappa shape index (κ1) is 19.4. The van der Waals surface area contributed by atoms with Crippen LogP contribution in [0, 0.1) is 5.41 Å². The second-order valence-corrected chi connectivity index (χ2v) is 6.48. The van der Waals surface area contributed by atoms with Crippen LogP contribution in [0.2, 0.25) is 0 Å². The van der Waals surface area contributed by atoms with E-state index in [0.717, 1.165) is 18.7 Å². The van der Waals surface area contributed by atoms with E-state index in [9.17, 15) is 9.59 Å². The zero-order chi connectivity index (χ0) is 18.1. The first-order valence-electron chi connectivity index (χ1n) is 9.23. The molecule has 5 heteroatoms. The molecule has 0 aliphatic carbocycles. The topological polar surface area (TPSA) is 55.8 Å². The second-order valence-electron chi connectivity index (χ2n) is 6.48. The number of carbonyl (C=O) groups is 2. The van der Waals surface area contributed by atoms with Gasteiger partial charge in [-0.25, -0.2) is 0 Å². The zero-order valence-corrected chi connectivity index (χ0v) is 15.3. The molecule has 0 amide bonds. The van der Waals surface area contributed by atoms with Crippen molar-refractivity contribution in [3.05, 3.63) is 35.9 Å². The standard InChI is InChI=1S/C20H29NO4/c1-3-24-18(22)20(19(23)25-4-2,12-15-21-13-8-9-14-21)16-17-10-6-5-7-11-17/h5-7,10-11H,3-4,8-9,12-16H2,1-2H3. The molecule has 0 spiro atoms. The van der Waals surface area contributed by atoms with Crippen molar-refractivity contribution in [3.8, 4) is 0 Å². The minimum Gasteiger partial charge on any atom is -0.465 e. The summed E-state index contributed by atoms with van der Waals surface area (Å²) in [4.78, 5) is 28.0. The van der Waals surface area contributed by atoms with E-state index < -0.39 is 17.4 Å². The molecule has 2 rings (SSSR count). The van der Waals surface area contributed by atoms with Gasteiger partial charge in [0.05, 0.1) is 13.2 Å². The Morgan fingerprint density at radius 3 is 2.08 bits per heavy atom. The Kier molecular flexibility index (Phi) is 7.44. The van der Waals surface area contributed by atoms with Gasteiger partial charge >= 0.3 is 11.9 Å². The maximum Gasteiger partial charge on any atom is 0.323 e. The number of esters is 2. The van der Waals surface area contributed by atoms with Gasteiger partial charge in [-0.05, 0) is 64.7 Å². The molecule has 0 radical (unpaired) electrons. The molecule has 0 atom stereocenters. The van der Waals surface area contributed by atoms with Gasteiger partial charge in [0.1, 0.15) is 0 Å². The van der Waals surface area contributed by atoms with Gasteiger partial charge < -0.3 is 14.4 Å². The maximum absolute atomic E-state index is 12.8. The summed E-state index contributed by atoms with van der Waals surface area (Å²) in [6.07, 6.45) is 3.06. The Balaban J connectivity index is 2.28. The quantitative estimate of drug-likeness (QED) is 0.508. The highest BCUT2D eigenvalue weighted by atomic mass is 16.6. The van der Waals surface area contributed by atoms with Crippen LogP contribution in [0.25, 0.3) is 0 Å². The zero-order valence-electron chi connectivity index (χ0n) is 15.3. The Bertz CT molecular complexity index is 534. The molecule has 5 nitrogen and oxygen atoms in total. The summed E-state index contributed by atoms with van der Waals surface area (Å²) in [5.41, 5.74) is -0.347. The molecule has 1 aromatic rings. The van der Waals surface area contributed by atoms with E-state index in [2.05, 4.69) is 4.90 Å². The Morgan fingerprint density at radius 2 is 1.56 bits per heavy atom. The molecular weight excluding hydrogens is 318 g/mol. The van der Waals surface area contributed by atoms with Gasteiger partial charge in [0, 0.05) is 0 Å². The maximum atomic E-state index is 12.8. The molecule has 1 fully saturated rings. The van der Waals surface area contributed by atoms with Crippen LogP contribution in [-0.4, -0.2) is 49.7 Å². The lowest BCUT2D eigenvalue weighted by atomic mass is 9.78. The first-order valence-corrected chi connectivity index (χ1v) is 9.23. The van der Waals surface area contributed by atoms with E-state index in [1.54, 1.807) is 13.8 Å². The van der Waals surface area contributed by atoms with Crippen LogP contribution in [0.4, 0.5) is 0 Å². The lowest BCUT2D eigenvalue weighted by Gasteiger charge is -2.31. The molecule has 1 heterocycles.